The fraction of sp³-hybridized carbons (Fsp3) is 0.316. The van der Waals surface area contributed by atoms with Crippen molar-refractivity contribution in [2.75, 3.05) is 0 Å². The molecule has 0 spiro atoms. The number of hydrogen-bond donors (Lipinski definition) is 1. The van der Waals surface area contributed by atoms with Crippen LogP contribution < -0.4 is 4.72 Å². The number of rotatable bonds is 5. The van der Waals surface area contributed by atoms with Gasteiger partial charge in [0.1, 0.15) is 0 Å². The summed E-state index contributed by atoms with van der Waals surface area (Å²) in [4.78, 5) is 0.262. The van der Waals surface area contributed by atoms with Crippen LogP contribution in [0.1, 0.15) is 29.9 Å². The Morgan fingerprint density at radius 2 is 1.84 bits per heavy atom. The van der Waals surface area contributed by atoms with Crippen LogP contribution in [0, 0.1) is 24.2 Å². The predicted molar refractivity (Wildman–Crippen MR) is 101 cm³/mol. The van der Waals surface area contributed by atoms with Gasteiger partial charge in [-0.05, 0) is 49.4 Å². The smallest absolute Gasteiger partial charge is 0.208 e. The number of hydrogen-bond acceptors (Lipinski definition) is 3. The van der Waals surface area contributed by atoms with Crippen LogP contribution in [0.5, 0.6) is 0 Å². The summed E-state index contributed by atoms with van der Waals surface area (Å²) in [6, 6.07) is 16.6. The first-order valence-electron chi connectivity index (χ1n) is 8.15. The number of benzene rings is 2. The molecule has 0 saturated heterocycles. The minimum Gasteiger partial charge on any atom is -0.208 e. The molecular formula is C19H19BrN2O2S. The molecule has 6 heteroatoms. The standard InChI is InChI=1S/C19H19BrN2O2S/c1-13-6-8-14(9-7-13)25(23,24)22-19-11-10-16(19)17(12-21)15-4-2-3-5-18(15)20/h2-9,16-17,19,22H,10-11H2,1H3. The molecule has 1 N–H and O–H groups in total. The van der Waals surface area contributed by atoms with E-state index in [1.807, 2.05) is 31.2 Å². The van der Waals surface area contributed by atoms with Crippen LogP contribution in [0.3, 0.4) is 0 Å². The molecule has 0 heterocycles. The molecule has 25 heavy (non-hydrogen) atoms. The van der Waals surface area contributed by atoms with E-state index in [2.05, 4.69) is 26.7 Å². The first-order chi connectivity index (χ1) is 11.9. The van der Waals surface area contributed by atoms with Crippen molar-refractivity contribution >= 4 is 26.0 Å². The summed E-state index contributed by atoms with van der Waals surface area (Å²) >= 11 is 3.49. The molecule has 3 atom stereocenters. The Kier molecular flexibility index (Phi) is 5.28. The summed E-state index contributed by atoms with van der Waals surface area (Å²) in [6.45, 7) is 1.92. The van der Waals surface area contributed by atoms with Gasteiger partial charge in [-0.3, -0.25) is 0 Å². The van der Waals surface area contributed by atoms with Crippen molar-refractivity contribution in [1.29, 1.82) is 5.26 Å². The van der Waals surface area contributed by atoms with Gasteiger partial charge in [0.25, 0.3) is 0 Å². The molecule has 130 valence electrons. The lowest BCUT2D eigenvalue weighted by atomic mass is 9.70. The molecule has 1 aliphatic rings. The summed E-state index contributed by atoms with van der Waals surface area (Å²) in [5.74, 6) is -0.362. The van der Waals surface area contributed by atoms with Crippen molar-refractivity contribution in [1.82, 2.24) is 4.72 Å². The van der Waals surface area contributed by atoms with E-state index >= 15 is 0 Å². The molecule has 1 fully saturated rings. The van der Waals surface area contributed by atoms with Crippen LogP contribution in [-0.4, -0.2) is 14.5 Å². The first-order valence-corrected chi connectivity index (χ1v) is 10.4. The summed E-state index contributed by atoms with van der Waals surface area (Å²) in [7, 11) is -3.58. The number of nitrogens with one attached hydrogen (secondary N) is 1. The molecule has 2 aromatic carbocycles. The Morgan fingerprint density at radius 3 is 2.40 bits per heavy atom. The van der Waals surface area contributed by atoms with E-state index in [1.54, 1.807) is 24.3 Å². The van der Waals surface area contributed by atoms with Crippen molar-refractivity contribution in [3.05, 3.63) is 64.1 Å². The van der Waals surface area contributed by atoms with Crippen LogP contribution in [0.25, 0.3) is 0 Å². The Balaban J connectivity index is 1.79. The van der Waals surface area contributed by atoms with Crippen molar-refractivity contribution < 1.29 is 8.42 Å². The van der Waals surface area contributed by atoms with Gasteiger partial charge in [-0.25, -0.2) is 13.1 Å². The van der Waals surface area contributed by atoms with Gasteiger partial charge in [-0.2, -0.15) is 5.26 Å². The fourth-order valence-electron chi connectivity index (χ4n) is 3.18. The van der Waals surface area contributed by atoms with Gasteiger partial charge in [0, 0.05) is 10.5 Å². The summed E-state index contributed by atoms with van der Waals surface area (Å²) in [6.07, 6.45) is 1.58. The highest BCUT2D eigenvalue weighted by molar-refractivity contribution is 9.10. The van der Waals surface area contributed by atoms with Crippen molar-refractivity contribution in [3.8, 4) is 6.07 Å². The topological polar surface area (TPSA) is 70.0 Å². The summed E-state index contributed by atoms with van der Waals surface area (Å²) in [5.41, 5.74) is 1.92. The average molecular weight is 419 g/mol. The van der Waals surface area contributed by atoms with E-state index in [0.717, 1.165) is 28.4 Å². The second-order valence-electron chi connectivity index (χ2n) is 6.41. The molecule has 3 unspecified atom stereocenters. The lowest BCUT2D eigenvalue weighted by Crippen LogP contribution is -2.48. The highest BCUT2D eigenvalue weighted by Crippen LogP contribution is 2.42. The number of nitrogens with zero attached hydrogens (tertiary/aromatic N) is 1. The summed E-state index contributed by atoms with van der Waals surface area (Å²) in [5, 5.41) is 9.65. The van der Waals surface area contributed by atoms with E-state index in [-0.39, 0.29) is 22.8 Å². The Hall–Kier alpha value is -1.68. The monoisotopic (exact) mass is 418 g/mol. The minimum absolute atomic E-state index is 0.0241. The number of nitriles is 1. The third-order valence-corrected chi connectivity index (χ3v) is 7.00. The maximum absolute atomic E-state index is 12.6. The van der Waals surface area contributed by atoms with Gasteiger partial charge in [0.15, 0.2) is 0 Å². The molecule has 0 radical (unpaired) electrons. The maximum Gasteiger partial charge on any atom is 0.240 e. The van der Waals surface area contributed by atoms with E-state index in [0.29, 0.717) is 0 Å². The SMILES string of the molecule is Cc1ccc(S(=O)(=O)NC2CCC2C(C#N)c2ccccc2Br)cc1. The van der Waals surface area contributed by atoms with Gasteiger partial charge in [0.05, 0.1) is 16.9 Å². The molecule has 1 aliphatic carbocycles. The first kappa shape index (κ1) is 18.1. The second-order valence-corrected chi connectivity index (χ2v) is 8.98. The fourth-order valence-corrected chi connectivity index (χ4v) is 5.03. The quantitative estimate of drug-likeness (QED) is 0.793. The lowest BCUT2D eigenvalue weighted by molar-refractivity contribution is 0.219. The van der Waals surface area contributed by atoms with Crippen molar-refractivity contribution in [2.24, 2.45) is 5.92 Å². The number of aryl methyl sites for hydroxylation is 1. The van der Waals surface area contributed by atoms with Crippen molar-refractivity contribution in [3.63, 3.8) is 0 Å². The van der Waals surface area contributed by atoms with Crippen LogP contribution in [0.4, 0.5) is 0 Å². The Bertz CT molecular complexity index is 904. The van der Waals surface area contributed by atoms with E-state index in [1.165, 1.54) is 0 Å². The highest BCUT2D eigenvalue weighted by Gasteiger charge is 2.40. The van der Waals surface area contributed by atoms with E-state index in [4.69, 9.17) is 0 Å². The van der Waals surface area contributed by atoms with Crippen LogP contribution in [0.15, 0.2) is 57.9 Å². The molecular weight excluding hydrogens is 400 g/mol. The van der Waals surface area contributed by atoms with Gasteiger partial charge in [-0.1, -0.05) is 51.8 Å². The number of halogens is 1. The second kappa shape index (κ2) is 7.28. The highest BCUT2D eigenvalue weighted by atomic mass is 79.9. The molecule has 1 saturated carbocycles. The third kappa shape index (κ3) is 3.79. The Labute approximate surface area is 157 Å². The molecule has 4 nitrogen and oxygen atoms in total. The zero-order chi connectivity index (χ0) is 18.0. The largest absolute Gasteiger partial charge is 0.240 e. The van der Waals surface area contributed by atoms with Gasteiger partial charge >= 0.3 is 0 Å². The zero-order valence-corrected chi connectivity index (χ0v) is 16.2. The molecule has 0 bridgehead atoms. The van der Waals surface area contributed by atoms with Gasteiger partial charge in [-0.15, -0.1) is 0 Å². The normalized spacial score (nSPS) is 21.2. The maximum atomic E-state index is 12.6. The van der Waals surface area contributed by atoms with E-state index in [9.17, 15) is 13.7 Å². The van der Waals surface area contributed by atoms with Gasteiger partial charge < -0.3 is 0 Å². The molecule has 0 aromatic heterocycles. The molecule has 0 amide bonds. The lowest BCUT2D eigenvalue weighted by Gasteiger charge is -2.39. The molecule has 3 rings (SSSR count). The number of sulfonamides is 1. The third-order valence-electron chi connectivity index (χ3n) is 4.77. The van der Waals surface area contributed by atoms with Crippen molar-refractivity contribution in [2.45, 2.75) is 36.6 Å². The minimum atomic E-state index is -3.58. The Morgan fingerprint density at radius 1 is 1.16 bits per heavy atom. The average Bonchev–Trinajstić information content (AvgIpc) is 2.58. The zero-order valence-electron chi connectivity index (χ0n) is 13.8. The summed E-state index contributed by atoms with van der Waals surface area (Å²) < 4.78 is 28.9. The van der Waals surface area contributed by atoms with Gasteiger partial charge in [0.2, 0.25) is 10.0 Å². The predicted octanol–water partition coefficient (Wildman–Crippen LogP) is 4.12. The van der Waals surface area contributed by atoms with Crippen LogP contribution >= 0.6 is 15.9 Å². The van der Waals surface area contributed by atoms with Crippen LogP contribution in [-0.2, 0) is 10.0 Å². The van der Waals surface area contributed by atoms with Crippen LogP contribution in [0.2, 0.25) is 0 Å². The molecule has 0 aliphatic heterocycles. The van der Waals surface area contributed by atoms with E-state index < -0.39 is 10.0 Å². The molecule has 2 aromatic rings.